The van der Waals surface area contributed by atoms with Crippen molar-refractivity contribution in [3.8, 4) is 16.9 Å². The number of amides is 1. The highest BCUT2D eigenvalue weighted by Crippen LogP contribution is 2.31. The van der Waals surface area contributed by atoms with E-state index >= 15 is 0 Å². The maximum Gasteiger partial charge on any atom is 0.416 e. The smallest absolute Gasteiger partial charge is 0.382 e. The lowest BCUT2D eigenvalue weighted by atomic mass is 10.0. The van der Waals surface area contributed by atoms with E-state index in [9.17, 15) is 18.0 Å². The third kappa shape index (κ3) is 5.80. The number of piperidine rings is 1. The number of imidazole rings is 1. The van der Waals surface area contributed by atoms with Crippen LogP contribution in [0.25, 0.3) is 28.0 Å². The molecule has 2 aromatic heterocycles. The number of aromatic amines is 1. The molecule has 8 nitrogen and oxygen atoms in total. The summed E-state index contributed by atoms with van der Waals surface area (Å²) < 4.78 is 40.7. The van der Waals surface area contributed by atoms with E-state index in [-0.39, 0.29) is 5.91 Å². The molecule has 1 aliphatic rings. The van der Waals surface area contributed by atoms with E-state index < -0.39 is 11.7 Å². The van der Waals surface area contributed by atoms with Gasteiger partial charge in [0.15, 0.2) is 0 Å². The fourth-order valence-electron chi connectivity index (χ4n) is 5.02. The van der Waals surface area contributed by atoms with Crippen molar-refractivity contribution in [1.29, 1.82) is 0 Å². The Balaban J connectivity index is 1.14. The first-order valence-corrected chi connectivity index (χ1v) is 13.3. The molecule has 0 saturated carbocycles. The SMILES string of the molecule is CN1CCC(Nc2ccc(C(=O)Nc3cc(-c4ccc5ncn(-c6ccc(C(F)(F)F)cc6)c5c4)n[nH]3)cc2)CC1. The molecular formula is C30H28F3N7O. The maximum atomic E-state index is 13.0. The highest BCUT2D eigenvalue weighted by atomic mass is 19.4. The molecule has 1 saturated heterocycles. The standard InChI is InChI=1S/C30H28F3N7O/c1-39-14-12-23(13-15-39)35-22-7-2-19(3-8-22)29(41)36-28-17-26(37-38-28)20-4-11-25-27(16-20)40(18-34-25)24-9-5-21(6-10-24)30(31,32)33/h2-11,16-18,23,35H,12-15H2,1H3,(H2,36,37,38,41). The maximum absolute atomic E-state index is 13.0. The summed E-state index contributed by atoms with van der Waals surface area (Å²) in [6, 6.07) is 20.0. The second kappa shape index (κ2) is 10.7. The highest BCUT2D eigenvalue weighted by Gasteiger charge is 2.30. The van der Waals surface area contributed by atoms with Crippen molar-refractivity contribution < 1.29 is 18.0 Å². The second-order valence-electron chi connectivity index (χ2n) is 10.3. The first kappa shape index (κ1) is 26.6. The van der Waals surface area contributed by atoms with Gasteiger partial charge in [-0.2, -0.15) is 18.3 Å². The Morgan fingerprint density at radius 3 is 2.41 bits per heavy atom. The zero-order valence-corrected chi connectivity index (χ0v) is 22.2. The van der Waals surface area contributed by atoms with Crippen molar-refractivity contribution in [1.82, 2.24) is 24.6 Å². The van der Waals surface area contributed by atoms with Crippen molar-refractivity contribution in [2.45, 2.75) is 25.1 Å². The summed E-state index contributed by atoms with van der Waals surface area (Å²) in [5.74, 6) is 0.178. The summed E-state index contributed by atoms with van der Waals surface area (Å²) in [5, 5.41) is 13.6. The van der Waals surface area contributed by atoms with Gasteiger partial charge in [0.25, 0.3) is 5.91 Å². The summed E-state index contributed by atoms with van der Waals surface area (Å²) in [6.07, 6.45) is -0.652. The quantitative estimate of drug-likeness (QED) is 0.231. The van der Waals surface area contributed by atoms with Crippen LogP contribution in [0.1, 0.15) is 28.8 Å². The van der Waals surface area contributed by atoms with Gasteiger partial charge in [-0.25, -0.2) is 4.98 Å². The van der Waals surface area contributed by atoms with Gasteiger partial charge in [0.2, 0.25) is 0 Å². The molecule has 1 aliphatic heterocycles. The van der Waals surface area contributed by atoms with Crippen LogP contribution in [0.2, 0.25) is 0 Å². The van der Waals surface area contributed by atoms with Crippen LogP contribution in [0.5, 0.6) is 0 Å². The molecule has 3 heterocycles. The number of aromatic nitrogens is 4. The van der Waals surface area contributed by atoms with Gasteiger partial charge in [-0.05, 0) is 93.6 Å². The predicted octanol–water partition coefficient (Wildman–Crippen LogP) is 6.19. The van der Waals surface area contributed by atoms with E-state index in [2.05, 4.69) is 37.8 Å². The van der Waals surface area contributed by atoms with Crippen molar-refractivity contribution in [2.24, 2.45) is 0 Å². The van der Waals surface area contributed by atoms with E-state index in [0.29, 0.717) is 39.8 Å². The van der Waals surface area contributed by atoms with Crippen molar-refractivity contribution in [3.63, 3.8) is 0 Å². The normalized spacial score (nSPS) is 14.8. The Morgan fingerprint density at radius 1 is 0.976 bits per heavy atom. The van der Waals surface area contributed by atoms with Gasteiger partial charge in [-0.3, -0.25) is 14.5 Å². The molecule has 0 aliphatic carbocycles. The summed E-state index contributed by atoms with van der Waals surface area (Å²) in [7, 11) is 2.13. The number of rotatable bonds is 6. The molecule has 3 aromatic carbocycles. The average molecular weight is 560 g/mol. The van der Waals surface area contributed by atoms with Gasteiger partial charge in [-0.1, -0.05) is 6.07 Å². The monoisotopic (exact) mass is 559 g/mol. The Kier molecular flexibility index (Phi) is 6.96. The molecule has 1 amide bonds. The molecule has 210 valence electrons. The Bertz CT molecular complexity index is 1670. The van der Waals surface area contributed by atoms with Crippen molar-refractivity contribution in [2.75, 3.05) is 30.8 Å². The van der Waals surface area contributed by atoms with Crippen LogP contribution in [0.3, 0.4) is 0 Å². The molecule has 3 N–H and O–H groups in total. The number of carbonyl (C=O) groups excluding carboxylic acids is 1. The number of benzene rings is 3. The molecule has 6 rings (SSSR count). The molecule has 11 heteroatoms. The van der Waals surface area contributed by atoms with Crippen LogP contribution in [0.4, 0.5) is 24.7 Å². The molecule has 1 fully saturated rings. The number of hydrogen-bond donors (Lipinski definition) is 3. The molecule has 0 radical (unpaired) electrons. The van der Waals surface area contributed by atoms with Gasteiger partial charge in [0.05, 0.1) is 22.3 Å². The first-order valence-electron chi connectivity index (χ1n) is 13.3. The molecule has 41 heavy (non-hydrogen) atoms. The van der Waals surface area contributed by atoms with Crippen molar-refractivity contribution >= 4 is 28.4 Å². The lowest BCUT2D eigenvalue weighted by Gasteiger charge is -2.30. The number of H-pyrrole nitrogens is 1. The topological polar surface area (TPSA) is 90.9 Å². The Labute approximate surface area is 234 Å². The minimum Gasteiger partial charge on any atom is -0.382 e. The molecular weight excluding hydrogens is 531 g/mol. The molecule has 0 spiro atoms. The van der Waals surface area contributed by atoms with Crippen LogP contribution >= 0.6 is 0 Å². The zero-order chi connectivity index (χ0) is 28.6. The number of nitrogens with one attached hydrogen (secondary N) is 3. The van der Waals surface area contributed by atoms with Crippen LogP contribution in [0.15, 0.2) is 79.1 Å². The zero-order valence-electron chi connectivity index (χ0n) is 22.2. The second-order valence-corrected chi connectivity index (χ2v) is 10.3. The number of halogens is 3. The molecule has 0 atom stereocenters. The Morgan fingerprint density at radius 2 is 1.71 bits per heavy atom. The van der Waals surface area contributed by atoms with Gasteiger partial charge >= 0.3 is 6.18 Å². The number of alkyl halides is 3. The van der Waals surface area contributed by atoms with Crippen LogP contribution in [0, 0.1) is 0 Å². The first-order chi connectivity index (χ1) is 19.7. The van der Waals surface area contributed by atoms with Gasteiger partial charge in [0, 0.05) is 34.6 Å². The highest BCUT2D eigenvalue weighted by molar-refractivity contribution is 6.04. The number of fused-ring (bicyclic) bond motifs is 1. The van der Waals surface area contributed by atoms with E-state index in [1.165, 1.54) is 12.1 Å². The van der Waals surface area contributed by atoms with E-state index in [0.717, 1.165) is 49.3 Å². The molecule has 5 aromatic rings. The summed E-state index contributed by atoms with van der Waals surface area (Å²) >= 11 is 0. The minimum atomic E-state index is -4.40. The van der Waals surface area contributed by atoms with Gasteiger partial charge in [0.1, 0.15) is 12.1 Å². The lowest BCUT2D eigenvalue weighted by molar-refractivity contribution is -0.137. The third-order valence-corrected chi connectivity index (χ3v) is 7.38. The summed E-state index contributed by atoms with van der Waals surface area (Å²) in [4.78, 5) is 19.6. The number of anilines is 2. The molecule has 0 unspecified atom stereocenters. The summed E-state index contributed by atoms with van der Waals surface area (Å²) in [6.45, 7) is 2.14. The average Bonchev–Trinajstić information content (AvgIpc) is 3.61. The van der Waals surface area contributed by atoms with Crippen LogP contribution in [-0.4, -0.2) is 56.7 Å². The minimum absolute atomic E-state index is 0.262. The van der Waals surface area contributed by atoms with Gasteiger partial charge in [-0.15, -0.1) is 0 Å². The number of hydrogen-bond acceptors (Lipinski definition) is 5. The van der Waals surface area contributed by atoms with E-state index in [1.54, 1.807) is 29.1 Å². The largest absolute Gasteiger partial charge is 0.416 e. The predicted molar refractivity (Wildman–Crippen MR) is 152 cm³/mol. The van der Waals surface area contributed by atoms with E-state index in [1.807, 2.05) is 30.3 Å². The number of carbonyl (C=O) groups is 1. The number of likely N-dealkylation sites (tertiary alicyclic amines) is 1. The van der Waals surface area contributed by atoms with Gasteiger partial charge < -0.3 is 15.5 Å². The molecule has 0 bridgehead atoms. The van der Waals surface area contributed by atoms with Crippen LogP contribution in [-0.2, 0) is 6.18 Å². The number of nitrogens with zero attached hydrogens (tertiary/aromatic N) is 4. The fraction of sp³-hybridized carbons (Fsp3) is 0.233. The summed E-state index contributed by atoms with van der Waals surface area (Å²) in [5.41, 5.74) is 4.12. The van der Waals surface area contributed by atoms with Crippen LogP contribution < -0.4 is 10.6 Å². The van der Waals surface area contributed by atoms with E-state index in [4.69, 9.17) is 0 Å². The Hall–Kier alpha value is -4.64. The fourth-order valence-corrected chi connectivity index (χ4v) is 5.02. The van der Waals surface area contributed by atoms with Crippen molar-refractivity contribution in [3.05, 3.63) is 90.3 Å². The lowest BCUT2D eigenvalue weighted by Crippen LogP contribution is -2.36. The third-order valence-electron chi connectivity index (χ3n) is 7.38.